The first kappa shape index (κ1) is 16.7. The molecule has 0 aliphatic carbocycles. The van der Waals surface area contributed by atoms with Crippen LogP contribution in [0.1, 0.15) is 11.1 Å². The molecule has 0 spiro atoms. The van der Waals surface area contributed by atoms with Crippen molar-refractivity contribution in [1.82, 2.24) is 9.88 Å². The van der Waals surface area contributed by atoms with Gasteiger partial charge in [-0.15, -0.1) is 0 Å². The number of carbonyl (C=O) groups excluding carboxylic acids is 1. The Hall–Kier alpha value is -2.79. The average molecular weight is 350 g/mol. The van der Waals surface area contributed by atoms with Gasteiger partial charge in [0.15, 0.2) is 0 Å². The molecule has 2 heterocycles. The zero-order chi connectivity index (χ0) is 18.3. The molecule has 1 saturated heterocycles. The van der Waals surface area contributed by atoms with Crippen molar-refractivity contribution in [3.05, 3.63) is 53.7 Å². The van der Waals surface area contributed by atoms with Crippen molar-refractivity contribution in [2.24, 2.45) is 5.92 Å². The number of nitrogens with one attached hydrogen (secondary N) is 1. The van der Waals surface area contributed by atoms with Gasteiger partial charge in [0.25, 0.3) is 0 Å². The standard InChI is InChI=1S/C21H22N2O3/c1-13-6-16(8-18(7-13)26-21(24)15-10-22-11-15)23-12-14(2)19-9-17(25-3)4-5-20(19)23/h4-9,12,15,22H,10-11H2,1-3H3. The van der Waals surface area contributed by atoms with E-state index in [1.165, 1.54) is 5.56 Å². The molecule has 26 heavy (non-hydrogen) atoms. The van der Waals surface area contributed by atoms with Crippen LogP contribution in [-0.2, 0) is 4.79 Å². The predicted octanol–water partition coefficient (Wildman–Crippen LogP) is 3.38. The molecule has 134 valence electrons. The number of carbonyl (C=O) groups is 1. The van der Waals surface area contributed by atoms with Crippen LogP contribution in [-0.4, -0.2) is 30.7 Å². The second-order valence-electron chi connectivity index (χ2n) is 6.85. The van der Waals surface area contributed by atoms with Crippen LogP contribution in [0, 0.1) is 19.8 Å². The normalized spacial score (nSPS) is 14.3. The maximum absolute atomic E-state index is 12.2. The molecule has 5 nitrogen and oxygen atoms in total. The summed E-state index contributed by atoms with van der Waals surface area (Å²) in [5.41, 5.74) is 4.28. The highest BCUT2D eigenvalue weighted by Crippen LogP contribution is 2.30. The van der Waals surface area contributed by atoms with Crippen molar-refractivity contribution >= 4 is 16.9 Å². The number of esters is 1. The molecule has 1 aliphatic rings. The summed E-state index contributed by atoms with van der Waals surface area (Å²) < 4.78 is 13.1. The largest absolute Gasteiger partial charge is 0.497 e. The monoisotopic (exact) mass is 350 g/mol. The van der Waals surface area contributed by atoms with Gasteiger partial charge >= 0.3 is 5.97 Å². The summed E-state index contributed by atoms with van der Waals surface area (Å²) in [7, 11) is 1.67. The van der Waals surface area contributed by atoms with E-state index in [1.807, 2.05) is 31.2 Å². The number of aromatic nitrogens is 1. The topological polar surface area (TPSA) is 52.5 Å². The first-order valence-corrected chi connectivity index (χ1v) is 8.75. The summed E-state index contributed by atoms with van der Waals surface area (Å²) >= 11 is 0. The lowest BCUT2D eigenvalue weighted by atomic mass is 10.0. The van der Waals surface area contributed by atoms with Gasteiger partial charge in [-0.3, -0.25) is 4.79 Å². The molecule has 4 rings (SSSR count). The van der Waals surface area contributed by atoms with E-state index in [0.29, 0.717) is 18.8 Å². The Labute approximate surface area is 152 Å². The quantitative estimate of drug-likeness (QED) is 0.579. The van der Waals surface area contributed by atoms with E-state index < -0.39 is 0 Å². The summed E-state index contributed by atoms with van der Waals surface area (Å²) in [4.78, 5) is 12.2. The minimum absolute atomic E-state index is 0.0407. The SMILES string of the molecule is COc1ccc2c(c1)c(C)cn2-c1cc(C)cc(OC(=O)C2CNC2)c1. The summed E-state index contributed by atoms with van der Waals surface area (Å²) in [5, 5.41) is 4.24. The molecule has 0 amide bonds. The van der Waals surface area contributed by atoms with Crippen LogP contribution in [0.25, 0.3) is 16.6 Å². The van der Waals surface area contributed by atoms with Crippen LogP contribution >= 0.6 is 0 Å². The van der Waals surface area contributed by atoms with Gasteiger partial charge in [-0.2, -0.15) is 0 Å². The third-order valence-corrected chi connectivity index (χ3v) is 4.86. The molecule has 0 bridgehead atoms. The van der Waals surface area contributed by atoms with Crippen molar-refractivity contribution in [1.29, 1.82) is 0 Å². The molecule has 1 N–H and O–H groups in total. The van der Waals surface area contributed by atoms with Crippen molar-refractivity contribution in [2.45, 2.75) is 13.8 Å². The van der Waals surface area contributed by atoms with E-state index in [9.17, 15) is 4.79 Å². The highest BCUT2D eigenvalue weighted by Gasteiger charge is 2.27. The molecule has 0 atom stereocenters. The molecule has 5 heteroatoms. The summed E-state index contributed by atoms with van der Waals surface area (Å²) in [6.45, 7) is 5.48. The van der Waals surface area contributed by atoms with E-state index in [1.54, 1.807) is 7.11 Å². The van der Waals surface area contributed by atoms with E-state index in [-0.39, 0.29) is 11.9 Å². The lowest BCUT2D eigenvalue weighted by Crippen LogP contribution is -2.48. The Kier molecular flexibility index (Phi) is 4.17. The Balaban J connectivity index is 1.73. The number of benzene rings is 2. The minimum Gasteiger partial charge on any atom is -0.497 e. The van der Waals surface area contributed by atoms with E-state index in [0.717, 1.165) is 27.9 Å². The molecule has 1 fully saturated rings. The first-order chi connectivity index (χ1) is 12.5. The number of ether oxygens (including phenoxy) is 2. The van der Waals surface area contributed by atoms with E-state index in [2.05, 4.69) is 35.1 Å². The lowest BCUT2D eigenvalue weighted by Gasteiger charge is -2.24. The van der Waals surface area contributed by atoms with Crippen LogP contribution in [0.2, 0.25) is 0 Å². The lowest BCUT2D eigenvalue weighted by molar-refractivity contribution is -0.140. The van der Waals surface area contributed by atoms with Crippen molar-refractivity contribution in [3.63, 3.8) is 0 Å². The van der Waals surface area contributed by atoms with Gasteiger partial charge in [-0.1, -0.05) is 0 Å². The van der Waals surface area contributed by atoms with Crippen LogP contribution in [0.4, 0.5) is 0 Å². The van der Waals surface area contributed by atoms with Gasteiger partial charge in [0, 0.05) is 36.4 Å². The molecule has 2 aromatic carbocycles. The first-order valence-electron chi connectivity index (χ1n) is 8.75. The van der Waals surface area contributed by atoms with Gasteiger partial charge in [0.1, 0.15) is 11.5 Å². The van der Waals surface area contributed by atoms with E-state index >= 15 is 0 Å². The second-order valence-corrected chi connectivity index (χ2v) is 6.85. The van der Waals surface area contributed by atoms with Crippen molar-refractivity contribution in [3.8, 4) is 17.2 Å². The number of nitrogens with zero attached hydrogens (tertiary/aromatic N) is 1. The summed E-state index contributed by atoms with van der Waals surface area (Å²) in [5.74, 6) is 1.22. The van der Waals surface area contributed by atoms with Crippen LogP contribution in [0.5, 0.6) is 11.5 Å². The van der Waals surface area contributed by atoms with Gasteiger partial charge in [0.2, 0.25) is 0 Å². The Bertz CT molecular complexity index is 986. The number of fused-ring (bicyclic) bond motifs is 1. The van der Waals surface area contributed by atoms with Crippen LogP contribution in [0.3, 0.4) is 0 Å². The molecular weight excluding hydrogens is 328 g/mol. The number of methoxy groups -OCH3 is 1. The Morgan fingerprint density at radius 1 is 1.12 bits per heavy atom. The molecule has 0 radical (unpaired) electrons. The van der Waals surface area contributed by atoms with E-state index in [4.69, 9.17) is 9.47 Å². The van der Waals surface area contributed by atoms with Gasteiger partial charge in [0.05, 0.1) is 18.5 Å². The Morgan fingerprint density at radius 2 is 1.92 bits per heavy atom. The van der Waals surface area contributed by atoms with Gasteiger partial charge in [-0.05, 0) is 55.3 Å². The maximum atomic E-state index is 12.2. The summed E-state index contributed by atoms with van der Waals surface area (Å²) in [6.07, 6.45) is 2.10. The average Bonchev–Trinajstić information content (AvgIpc) is 2.89. The summed E-state index contributed by atoms with van der Waals surface area (Å²) in [6, 6.07) is 12.0. The number of hydrogen-bond donors (Lipinski definition) is 1. The third kappa shape index (κ3) is 2.95. The van der Waals surface area contributed by atoms with Gasteiger partial charge < -0.3 is 19.4 Å². The molecule has 3 aromatic rings. The zero-order valence-corrected chi connectivity index (χ0v) is 15.2. The predicted molar refractivity (Wildman–Crippen MR) is 101 cm³/mol. The minimum atomic E-state index is -0.168. The fourth-order valence-corrected chi connectivity index (χ4v) is 3.30. The molecule has 0 saturated carbocycles. The fourth-order valence-electron chi connectivity index (χ4n) is 3.30. The third-order valence-electron chi connectivity index (χ3n) is 4.86. The Morgan fingerprint density at radius 3 is 2.62 bits per heavy atom. The molecule has 1 aromatic heterocycles. The van der Waals surface area contributed by atoms with Gasteiger partial charge in [-0.25, -0.2) is 0 Å². The number of aryl methyl sites for hydroxylation is 2. The highest BCUT2D eigenvalue weighted by molar-refractivity contribution is 5.87. The van der Waals surface area contributed by atoms with Crippen molar-refractivity contribution in [2.75, 3.05) is 20.2 Å². The smallest absolute Gasteiger partial charge is 0.316 e. The van der Waals surface area contributed by atoms with Crippen molar-refractivity contribution < 1.29 is 14.3 Å². The molecular formula is C21H22N2O3. The van der Waals surface area contributed by atoms with Crippen LogP contribution < -0.4 is 14.8 Å². The molecule has 1 aliphatic heterocycles. The fraction of sp³-hybridized carbons (Fsp3) is 0.286. The maximum Gasteiger partial charge on any atom is 0.316 e. The number of hydrogen-bond acceptors (Lipinski definition) is 4. The highest BCUT2D eigenvalue weighted by atomic mass is 16.5. The second kappa shape index (κ2) is 6.50. The molecule has 0 unspecified atom stereocenters. The van der Waals surface area contributed by atoms with Crippen LogP contribution in [0.15, 0.2) is 42.6 Å². The number of rotatable bonds is 4. The zero-order valence-electron chi connectivity index (χ0n) is 15.2.